The van der Waals surface area contributed by atoms with E-state index in [4.69, 9.17) is 9.47 Å². The molecule has 1 aliphatic carbocycles. The van der Waals surface area contributed by atoms with Crippen molar-refractivity contribution in [1.82, 2.24) is 4.90 Å². The summed E-state index contributed by atoms with van der Waals surface area (Å²) in [6.07, 6.45) is 6.03. The predicted octanol–water partition coefficient (Wildman–Crippen LogP) is 4.36. The molecule has 0 radical (unpaired) electrons. The summed E-state index contributed by atoms with van der Waals surface area (Å²) in [4.78, 5) is 15.7. The van der Waals surface area contributed by atoms with Gasteiger partial charge in [0.05, 0.1) is 5.41 Å². The maximum absolute atomic E-state index is 13.5. The van der Waals surface area contributed by atoms with Gasteiger partial charge in [-0.25, -0.2) is 0 Å². The van der Waals surface area contributed by atoms with Gasteiger partial charge in [-0.1, -0.05) is 37.5 Å². The molecule has 2 aromatic rings. The lowest BCUT2D eigenvalue weighted by molar-refractivity contribution is -0.122. The molecule has 29 heavy (non-hydrogen) atoms. The lowest BCUT2D eigenvalue weighted by Gasteiger charge is -2.36. The normalized spacial score (nSPS) is 17.3. The minimum atomic E-state index is -0.511. The number of nitrogens with one attached hydrogen (secondary N) is 1. The van der Waals surface area contributed by atoms with Gasteiger partial charge in [-0.15, -0.1) is 0 Å². The molecule has 2 aliphatic rings. The Morgan fingerprint density at radius 3 is 2.45 bits per heavy atom. The number of anilines is 1. The first-order chi connectivity index (χ1) is 14.1. The summed E-state index contributed by atoms with van der Waals surface area (Å²) < 4.78 is 11.0. The zero-order chi connectivity index (χ0) is 20.3. The lowest BCUT2D eigenvalue weighted by Crippen LogP contribution is -2.42. The minimum Gasteiger partial charge on any atom is -0.454 e. The number of ether oxygens (including phenoxy) is 2. The van der Waals surface area contributed by atoms with Crippen LogP contribution in [0.2, 0.25) is 0 Å². The number of benzene rings is 2. The highest BCUT2D eigenvalue weighted by molar-refractivity contribution is 5.99. The molecule has 1 heterocycles. The smallest absolute Gasteiger partial charge is 0.235 e. The van der Waals surface area contributed by atoms with Gasteiger partial charge >= 0.3 is 0 Å². The van der Waals surface area contributed by atoms with Crippen molar-refractivity contribution in [2.75, 3.05) is 32.7 Å². The summed E-state index contributed by atoms with van der Waals surface area (Å²) in [5, 5.41) is 3.19. The van der Waals surface area contributed by atoms with Gasteiger partial charge in [-0.3, -0.25) is 4.79 Å². The number of rotatable bonds is 6. The number of hydrogen-bond donors (Lipinski definition) is 1. The summed E-state index contributed by atoms with van der Waals surface area (Å²) in [5.74, 6) is 1.58. The van der Waals surface area contributed by atoms with Crippen molar-refractivity contribution in [1.29, 1.82) is 0 Å². The summed E-state index contributed by atoms with van der Waals surface area (Å²) in [6.45, 7) is 1.26. The van der Waals surface area contributed by atoms with Crippen molar-refractivity contribution < 1.29 is 14.3 Å². The van der Waals surface area contributed by atoms with E-state index < -0.39 is 5.41 Å². The number of nitrogens with zero attached hydrogens (tertiary/aromatic N) is 1. The predicted molar refractivity (Wildman–Crippen MR) is 115 cm³/mol. The fraction of sp³-hybridized carbons (Fsp3) is 0.458. The average molecular weight is 395 g/mol. The topological polar surface area (TPSA) is 50.8 Å². The number of hydrogen-bond acceptors (Lipinski definition) is 4. The third kappa shape index (κ3) is 4.25. The highest BCUT2D eigenvalue weighted by Gasteiger charge is 2.41. The maximum atomic E-state index is 13.5. The fourth-order valence-corrected chi connectivity index (χ4v) is 4.35. The average Bonchev–Trinajstić information content (AvgIpc) is 3.21. The molecule has 0 saturated heterocycles. The zero-order valence-electron chi connectivity index (χ0n) is 17.4. The first-order valence-corrected chi connectivity index (χ1v) is 10.5. The molecule has 154 valence electrons. The SMILES string of the molecule is CN(C)CCc1ccc(NC(=O)C2(c3ccc4c(c3)OCO4)CCCCC2)cc1. The quantitative estimate of drug-likeness (QED) is 0.791. The van der Waals surface area contributed by atoms with Gasteiger partial charge in [-0.2, -0.15) is 0 Å². The molecule has 0 bridgehead atoms. The molecule has 1 amide bonds. The van der Waals surface area contributed by atoms with Crippen LogP contribution in [-0.2, 0) is 16.6 Å². The van der Waals surface area contributed by atoms with Crippen LogP contribution < -0.4 is 14.8 Å². The molecule has 1 N–H and O–H groups in total. The molecule has 1 aliphatic heterocycles. The molecule has 0 unspecified atom stereocenters. The van der Waals surface area contributed by atoms with E-state index in [1.165, 1.54) is 12.0 Å². The van der Waals surface area contributed by atoms with Gasteiger partial charge < -0.3 is 19.7 Å². The Morgan fingerprint density at radius 1 is 1.00 bits per heavy atom. The monoisotopic (exact) mass is 394 g/mol. The van der Waals surface area contributed by atoms with Crippen LogP contribution in [0, 0.1) is 0 Å². The lowest BCUT2D eigenvalue weighted by atomic mass is 9.68. The summed E-state index contributed by atoms with van der Waals surface area (Å²) >= 11 is 0. The van der Waals surface area contributed by atoms with E-state index in [1.54, 1.807) is 0 Å². The van der Waals surface area contributed by atoms with E-state index in [0.717, 1.165) is 61.4 Å². The molecule has 0 atom stereocenters. The van der Waals surface area contributed by atoms with Crippen molar-refractivity contribution in [3.63, 3.8) is 0 Å². The van der Waals surface area contributed by atoms with Crippen LogP contribution >= 0.6 is 0 Å². The number of fused-ring (bicyclic) bond motifs is 1. The van der Waals surface area contributed by atoms with Gasteiger partial charge in [0.2, 0.25) is 12.7 Å². The number of amides is 1. The molecule has 1 fully saturated rings. The Balaban J connectivity index is 1.53. The van der Waals surface area contributed by atoms with Crippen LogP contribution in [0.15, 0.2) is 42.5 Å². The van der Waals surface area contributed by atoms with E-state index in [2.05, 4.69) is 36.4 Å². The Morgan fingerprint density at radius 2 is 1.72 bits per heavy atom. The van der Waals surface area contributed by atoms with Crippen LogP contribution in [0.5, 0.6) is 11.5 Å². The van der Waals surface area contributed by atoms with Crippen LogP contribution in [0.1, 0.15) is 43.2 Å². The van der Waals surface area contributed by atoms with E-state index in [1.807, 2.05) is 30.3 Å². The number of carbonyl (C=O) groups excluding carboxylic acids is 1. The largest absolute Gasteiger partial charge is 0.454 e. The molecule has 1 saturated carbocycles. The first-order valence-electron chi connectivity index (χ1n) is 10.5. The zero-order valence-corrected chi connectivity index (χ0v) is 17.4. The molecular weight excluding hydrogens is 364 g/mol. The van der Waals surface area contributed by atoms with Crippen LogP contribution in [-0.4, -0.2) is 38.2 Å². The first kappa shape index (κ1) is 19.8. The Hall–Kier alpha value is -2.53. The van der Waals surface area contributed by atoms with Gasteiger partial charge in [0.25, 0.3) is 0 Å². The van der Waals surface area contributed by atoms with Crippen molar-refractivity contribution in [3.05, 3.63) is 53.6 Å². The molecule has 5 nitrogen and oxygen atoms in total. The summed E-state index contributed by atoms with van der Waals surface area (Å²) in [7, 11) is 4.16. The second kappa shape index (κ2) is 8.46. The van der Waals surface area contributed by atoms with Crippen molar-refractivity contribution in [3.8, 4) is 11.5 Å². The third-order valence-corrected chi connectivity index (χ3v) is 6.13. The second-order valence-electron chi connectivity index (χ2n) is 8.42. The molecular formula is C24H30N2O3. The molecule has 5 heteroatoms. The summed E-state index contributed by atoms with van der Waals surface area (Å²) in [5.41, 5.74) is 2.65. The molecule has 4 rings (SSSR count). The van der Waals surface area contributed by atoms with E-state index in [9.17, 15) is 4.79 Å². The van der Waals surface area contributed by atoms with Gasteiger partial charge in [-0.05, 0) is 68.8 Å². The van der Waals surface area contributed by atoms with Crippen molar-refractivity contribution in [2.24, 2.45) is 0 Å². The second-order valence-corrected chi connectivity index (χ2v) is 8.42. The van der Waals surface area contributed by atoms with Crippen LogP contribution in [0.4, 0.5) is 5.69 Å². The third-order valence-electron chi connectivity index (χ3n) is 6.13. The van der Waals surface area contributed by atoms with Gasteiger partial charge in [0.1, 0.15) is 0 Å². The Kier molecular flexibility index (Phi) is 5.76. The highest BCUT2D eigenvalue weighted by atomic mass is 16.7. The standard InChI is InChI=1S/C24H30N2O3/c1-26(2)15-12-18-6-9-20(10-7-18)25-23(27)24(13-4-3-5-14-24)19-8-11-21-22(16-19)29-17-28-21/h6-11,16H,3-5,12-15,17H2,1-2H3,(H,25,27). The molecule has 2 aromatic carbocycles. The van der Waals surface area contributed by atoms with Crippen molar-refractivity contribution >= 4 is 11.6 Å². The molecule has 0 aromatic heterocycles. The van der Waals surface area contributed by atoms with E-state index in [0.29, 0.717) is 0 Å². The van der Waals surface area contributed by atoms with Crippen LogP contribution in [0.3, 0.4) is 0 Å². The number of carbonyl (C=O) groups is 1. The van der Waals surface area contributed by atoms with E-state index >= 15 is 0 Å². The maximum Gasteiger partial charge on any atom is 0.235 e. The highest BCUT2D eigenvalue weighted by Crippen LogP contribution is 2.44. The number of likely N-dealkylation sites (N-methyl/N-ethyl adjacent to an activating group) is 1. The Labute approximate surface area is 173 Å². The van der Waals surface area contributed by atoms with Crippen LogP contribution in [0.25, 0.3) is 0 Å². The fourth-order valence-electron chi connectivity index (χ4n) is 4.35. The van der Waals surface area contributed by atoms with E-state index in [-0.39, 0.29) is 12.7 Å². The summed E-state index contributed by atoms with van der Waals surface area (Å²) in [6, 6.07) is 14.2. The van der Waals surface area contributed by atoms with Gasteiger partial charge in [0.15, 0.2) is 11.5 Å². The molecule has 0 spiro atoms. The van der Waals surface area contributed by atoms with Gasteiger partial charge in [0, 0.05) is 12.2 Å². The van der Waals surface area contributed by atoms with Crippen molar-refractivity contribution in [2.45, 2.75) is 43.9 Å². The Bertz CT molecular complexity index is 855. The minimum absolute atomic E-state index is 0.0807.